The van der Waals surface area contributed by atoms with E-state index in [2.05, 4.69) is 228 Å². The quantitative estimate of drug-likeness (QED) is 0.170. The summed E-state index contributed by atoms with van der Waals surface area (Å²) in [4.78, 5) is 2.32. The number of furan rings is 1. The number of nitrogens with zero attached hydrogens (tertiary/aromatic N) is 1. The average Bonchev–Trinajstić information content (AvgIpc) is 3.66. The zero-order chi connectivity index (χ0) is 38.4. The van der Waals surface area contributed by atoms with E-state index in [0.29, 0.717) is 0 Å². The molecule has 0 bridgehead atoms. The molecule has 2 unspecified atom stereocenters. The van der Waals surface area contributed by atoms with Crippen molar-refractivity contribution in [2.24, 2.45) is 0 Å². The zero-order valence-corrected chi connectivity index (χ0v) is 31.7. The Balaban J connectivity index is 1.00. The van der Waals surface area contributed by atoms with Gasteiger partial charge >= 0.3 is 0 Å². The molecule has 0 spiro atoms. The van der Waals surface area contributed by atoms with Crippen LogP contribution in [-0.2, 0) is 0 Å². The van der Waals surface area contributed by atoms with Gasteiger partial charge < -0.3 is 14.6 Å². The molecule has 1 aromatic heterocycles. The maximum absolute atomic E-state index is 6.74. The molecule has 0 radical (unpaired) electrons. The predicted molar refractivity (Wildman–Crippen MR) is 241 cm³/mol. The third kappa shape index (κ3) is 6.08. The van der Waals surface area contributed by atoms with Gasteiger partial charge in [-0.15, -0.1) is 0 Å². The predicted octanol–water partition coefficient (Wildman–Crippen LogP) is 14.3. The molecule has 2 atom stereocenters. The lowest BCUT2D eigenvalue weighted by molar-refractivity contribution is 0.508. The number of hydrogen-bond donors (Lipinski definition) is 2. The highest BCUT2D eigenvalue weighted by molar-refractivity contribution is 6.12. The first kappa shape index (κ1) is 33.9. The first-order chi connectivity index (χ1) is 28.7. The van der Waals surface area contributed by atoms with Crippen LogP contribution in [0.5, 0.6) is 0 Å². The van der Waals surface area contributed by atoms with Gasteiger partial charge in [0.2, 0.25) is 0 Å². The Morgan fingerprint density at radius 2 is 0.966 bits per heavy atom. The van der Waals surface area contributed by atoms with Crippen molar-refractivity contribution in [2.75, 3.05) is 10.2 Å². The second-order valence-corrected chi connectivity index (χ2v) is 15.0. The first-order valence-electron chi connectivity index (χ1n) is 19.9. The highest BCUT2D eigenvalue weighted by Gasteiger charge is 2.31. The Hall–Kier alpha value is -7.40. The Kier molecular flexibility index (Phi) is 8.34. The highest BCUT2D eigenvalue weighted by atomic mass is 16.3. The summed E-state index contributed by atoms with van der Waals surface area (Å²) in [5.74, 6) is 0. The van der Waals surface area contributed by atoms with E-state index in [-0.39, 0.29) is 12.2 Å². The molecule has 9 aromatic carbocycles. The van der Waals surface area contributed by atoms with Gasteiger partial charge in [0.05, 0.1) is 6.04 Å². The molecule has 11 rings (SSSR count). The van der Waals surface area contributed by atoms with Crippen LogP contribution in [0.1, 0.15) is 28.9 Å². The van der Waals surface area contributed by atoms with E-state index in [4.69, 9.17) is 4.42 Å². The van der Waals surface area contributed by atoms with Crippen LogP contribution in [0.25, 0.3) is 55.0 Å². The molecule has 1 aliphatic rings. The van der Waals surface area contributed by atoms with Crippen molar-refractivity contribution in [3.63, 3.8) is 0 Å². The van der Waals surface area contributed by atoms with Gasteiger partial charge in [-0.25, -0.2) is 0 Å². The van der Waals surface area contributed by atoms with Gasteiger partial charge in [0.25, 0.3) is 0 Å². The SMILES string of the molecule is c1ccc(-c2ccc(N(c3ccccc3)c3ccc(C4Nc5ccccc5C(c5cc(-c6ccccc6)cc6oc7cc8ccccc8cc7c56)N4)cc3)cc2)cc1. The normalized spacial score (nSPS) is 15.0. The van der Waals surface area contributed by atoms with E-state index >= 15 is 0 Å². The highest BCUT2D eigenvalue weighted by Crippen LogP contribution is 2.45. The average molecular weight is 746 g/mol. The Labute approximate surface area is 337 Å². The lowest BCUT2D eigenvalue weighted by atomic mass is 9.88. The molecule has 0 fully saturated rings. The summed E-state index contributed by atoms with van der Waals surface area (Å²) in [5, 5.41) is 12.6. The van der Waals surface area contributed by atoms with Crippen LogP contribution in [0.3, 0.4) is 0 Å². The number of benzene rings is 9. The summed E-state index contributed by atoms with van der Waals surface area (Å²) in [6.45, 7) is 0. The molecule has 2 N–H and O–H groups in total. The third-order valence-corrected chi connectivity index (χ3v) is 11.5. The van der Waals surface area contributed by atoms with Gasteiger partial charge in [0.1, 0.15) is 17.3 Å². The molecule has 2 heterocycles. The molecule has 0 saturated heterocycles. The molecule has 58 heavy (non-hydrogen) atoms. The number of rotatable bonds is 7. The summed E-state index contributed by atoms with van der Waals surface area (Å²) in [5.41, 5.74) is 14.4. The van der Waals surface area contributed by atoms with Crippen molar-refractivity contribution < 1.29 is 4.42 Å². The fraction of sp³-hybridized carbons (Fsp3) is 0.0370. The van der Waals surface area contributed by atoms with Gasteiger partial charge in [-0.3, -0.25) is 5.32 Å². The Morgan fingerprint density at radius 1 is 0.414 bits per heavy atom. The maximum Gasteiger partial charge on any atom is 0.136 e. The van der Waals surface area contributed by atoms with Crippen molar-refractivity contribution in [2.45, 2.75) is 12.2 Å². The van der Waals surface area contributed by atoms with Crippen LogP contribution in [0, 0.1) is 0 Å². The van der Waals surface area contributed by atoms with Gasteiger partial charge in [0.15, 0.2) is 0 Å². The van der Waals surface area contributed by atoms with Crippen LogP contribution in [0.15, 0.2) is 217 Å². The van der Waals surface area contributed by atoms with E-state index < -0.39 is 0 Å². The van der Waals surface area contributed by atoms with E-state index in [0.717, 1.165) is 61.4 Å². The number of hydrogen-bond acceptors (Lipinski definition) is 4. The zero-order valence-electron chi connectivity index (χ0n) is 31.7. The van der Waals surface area contributed by atoms with Gasteiger partial charge in [0, 0.05) is 33.5 Å². The monoisotopic (exact) mass is 745 g/mol. The van der Waals surface area contributed by atoms with Gasteiger partial charge in [-0.05, 0) is 116 Å². The number of para-hydroxylation sites is 2. The van der Waals surface area contributed by atoms with Gasteiger partial charge in [-0.2, -0.15) is 0 Å². The first-order valence-corrected chi connectivity index (χ1v) is 19.9. The molecule has 0 amide bonds. The summed E-state index contributed by atoms with van der Waals surface area (Å²) < 4.78 is 6.74. The Bertz CT molecular complexity index is 3050. The second-order valence-electron chi connectivity index (χ2n) is 15.0. The minimum Gasteiger partial charge on any atom is -0.456 e. The summed E-state index contributed by atoms with van der Waals surface area (Å²) in [7, 11) is 0. The lowest BCUT2D eigenvalue weighted by Gasteiger charge is -2.36. The third-order valence-electron chi connectivity index (χ3n) is 11.5. The number of nitrogens with one attached hydrogen (secondary N) is 2. The summed E-state index contributed by atoms with van der Waals surface area (Å²) >= 11 is 0. The van der Waals surface area contributed by atoms with Crippen LogP contribution in [0.2, 0.25) is 0 Å². The fourth-order valence-electron chi connectivity index (χ4n) is 8.69. The molecule has 4 nitrogen and oxygen atoms in total. The van der Waals surface area contributed by atoms with E-state index in [1.54, 1.807) is 0 Å². The van der Waals surface area contributed by atoms with Crippen LogP contribution >= 0.6 is 0 Å². The minimum atomic E-state index is -0.154. The van der Waals surface area contributed by atoms with Crippen LogP contribution < -0.4 is 15.5 Å². The molecule has 1 aliphatic heterocycles. The number of fused-ring (bicyclic) bond motifs is 5. The molecular formula is C54H39N3O. The Morgan fingerprint density at radius 3 is 1.67 bits per heavy atom. The van der Waals surface area contributed by atoms with Crippen molar-refractivity contribution >= 4 is 55.5 Å². The molecule has 10 aromatic rings. The fourth-order valence-corrected chi connectivity index (χ4v) is 8.69. The van der Waals surface area contributed by atoms with Crippen LogP contribution in [-0.4, -0.2) is 0 Å². The smallest absolute Gasteiger partial charge is 0.136 e. The maximum atomic E-state index is 6.74. The molecule has 0 saturated carbocycles. The van der Waals surface area contributed by atoms with Crippen molar-refractivity contribution in [1.82, 2.24) is 5.32 Å². The van der Waals surface area contributed by atoms with E-state index in [9.17, 15) is 0 Å². The molecular weight excluding hydrogens is 707 g/mol. The lowest BCUT2D eigenvalue weighted by Crippen LogP contribution is -2.37. The van der Waals surface area contributed by atoms with Crippen molar-refractivity contribution in [3.05, 3.63) is 229 Å². The van der Waals surface area contributed by atoms with Crippen molar-refractivity contribution in [1.29, 1.82) is 0 Å². The topological polar surface area (TPSA) is 40.4 Å². The largest absolute Gasteiger partial charge is 0.456 e. The molecule has 276 valence electrons. The number of anilines is 4. The van der Waals surface area contributed by atoms with Crippen molar-refractivity contribution in [3.8, 4) is 22.3 Å². The standard InChI is InChI=1S/C54H39N3O/c1-4-14-36(15-5-1)38-24-28-44(29-25-38)57(43-20-8-3-9-21-43)45-30-26-39(27-31-45)54-55-49-23-13-12-22-46(49)53(56-54)48-33-42(37-16-6-2-7-17-37)35-51-52(48)47-32-40-18-10-11-19-41(40)34-50(47)58-51/h1-35,53-56H. The minimum absolute atomic E-state index is 0.121. The van der Waals surface area contributed by atoms with Crippen LogP contribution in [0.4, 0.5) is 22.7 Å². The summed E-state index contributed by atoms with van der Waals surface area (Å²) in [6, 6.07) is 75.6. The second kappa shape index (κ2) is 14.3. The molecule has 4 heteroatoms. The summed E-state index contributed by atoms with van der Waals surface area (Å²) in [6.07, 6.45) is -0.154. The van der Waals surface area contributed by atoms with E-state index in [1.807, 2.05) is 0 Å². The van der Waals surface area contributed by atoms with Gasteiger partial charge in [-0.1, -0.05) is 146 Å². The van der Waals surface area contributed by atoms with E-state index in [1.165, 1.54) is 33.0 Å². The molecule has 0 aliphatic carbocycles.